The number of nitrogens with zero attached hydrogens (tertiary/aromatic N) is 2. The summed E-state index contributed by atoms with van der Waals surface area (Å²) in [7, 11) is 1.70. The maximum atomic E-state index is 6.09. The van der Waals surface area contributed by atoms with Gasteiger partial charge in [-0.25, -0.2) is 4.99 Å². The minimum absolute atomic E-state index is 0. The number of halogens is 1. The number of methoxy groups -OCH3 is 1. The average Bonchev–Trinajstić information content (AvgIpc) is 2.82. The second-order valence-electron chi connectivity index (χ2n) is 7.77. The summed E-state index contributed by atoms with van der Waals surface area (Å²) in [5, 5.41) is 6.72. The quantitative estimate of drug-likeness (QED) is 0.260. The highest BCUT2D eigenvalue weighted by Gasteiger charge is 2.11. The monoisotopic (exact) mass is 568 g/mol. The van der Waals surface area contributed by atoms with Gasteiger partial charge in [-0.2, -0.15) is 0 Å². The summed E-state index contributed by atoms with van der Waals surface area (Å²) < 4.78 is 17.0. The van der Waals surface area contributed by atoms with Gasteiger partial charge in [0.05, 0.1) is 26.9 Å². The van der Waals surface area contributed by atoms with Gasteiger partial charge in [-0.05, 0) is 31.5 Å². The Bertz CT molecular complexity index is 872. The molecule has 0 saturated carbocycles. The molecule has 0 unspecified atom stereocenters. The fourth-order valence-electron chi connectivity index (χ4n) is 3.57. The smallest absolute Gasteiger partial charge is 0.191 e. The Labute approximate surface area is 214 Å². The molecule has 0 spiro atoms. The van der Waals surface area contributed by atoms with Crippen molar-refractivity contribution in [1.29, 1.82) is 0 Å². The molecule has 0 aromatic heterocycles. The molecule has 7 nitrogen and oxygen atoms in total. The molecule has 0 amide bonds. The van der Waals surface area contributed by atoms with Crippen molar-refractivity contribution < 1.29 is 14.2 Å². The van der Waals surface area contributed by atoms with Gasteiger partial charge in [0.25, 0.3) is 0 Å². The van der Waals surface area contributed by atoms with Gasteiger partial charge in [0.1, 0.15) is 18.1 Å². The molecule has 3 rings (SSSR count). The van der Waals surface area contributed by atoms with Crippen molar-refractivity contribution in [1.82, 2.24) is 15.5 Å². The van der Waals surface area contributed by atoms with Crippen LogP contribution in [0.15, 0.2) is 47.5 Å². The predicted molar refractivity (Wildman–Crippen MR) is 144 cm³/mol. The highest BCUT2D eigenvalue weighted by Crippen LogP contribution is 2.20. The number of nitrogens with one attached hydrogen (secondary N) is 2. The third-order valence-electron chi connectivity index (χ3n) is 5.38. The van der Waals surface area contributed by atoms with Crippen LogP contribution in [0.2, 0.25) is 0 Å². The molecular formula is C25H37IN4O3. The fraction of sp³-hybridized carbons (Fsp3) is 0.480. The van der Waals surface area contributed by atoms with E-state index in [1.807, 2.05) is 24.3 Å². The molecule has 1 fully saturated rings. The first-order chi connectivity index (χ1) is 15.7. The Balaban J connectivity index is 0.00000385. The third kappa shape index (κ3) is 9.02. The summed E-state index contributed by atoms with van der Waals surface area (Å²) in [5.74, 6) is 2.53. The maximum Gasteiger partial charge on any atom is 0.191 e. The minimum Gasteiger partial charge on any atom is -0.496 e. The summed E-state index contributed by atoms with van der Waals surface area (Å²) in [6.45, 7) is 11.2. The Hall–Kier alpha value is -2.04. The largest absolute Gasteiger partial charge is 0.496 e. The highest BCUT2D eigenvalue weighted by molar-refractivity contribution is 14.0. The van der Waals surface area contributed by atoms with E-state index < -0.39 is 0 Å². The van der Waals surface area contributed by atoms with Crippen LogP contribution in [0.1, 0.15) is 23.6 Å². The summed E-state index contributed by atoms with van der Waals surface area (Å²) in [5.41, 5.74) is 3.34. The molecule has 2 N–H and O–H groups in total. The Morgan fingerprint density at radius 1 is 1.06 bits per heavy atom. The van der Waals surface area contributed by atoms with Crippen LogP contribution in [0, 0.1) is 6.92 Å². The van der Waals surface area contributed by atoms with E-state index in [0.717, 1.165) is 68.0 Å². The molecule has 2 aromatic rings. The van der Waals surface area contributed by atoms with E-state index >= 15 is 0 Å². The van der Waals surface area contributed by atoms with Crippen molar-refractivity contribution >= 4 is 29.9 Å². The van der Waals surface area contributed by atoms with Gasteiger partial charge in [0, 0.05) is 43.9 Å². The second-order valence-corrected chi connectivity index (χ2v) is 7.77. The van der Waals surface area contributed by atoms with Gasteiger partial charge in [-0.1, -0.05) is 30.3 Å². The lowest BCUT2D eigenvalue weighted by atomic mass is 10.1. The number of hydrogen-bond donors (Lipinski definition) is 2. The lowest BCUT2D eigenvalue weighted by Gasteiger charge is -2.26. The maximum absolute atomic E-state index is 6.09. The molecule has 33 heavy (non-hydrogen) atoms. The summed E-state index contributed by atoms with van der Waals surface area (Å²) in [6, 6.07) is 14.3. The van der Waals surface area contributed by atoms with Crippen LogP contribution >= 0.6 is 24.0 Å². The van der Waals surface area contributed by atoms with Crippen molar-refractivity contribution in [3.8, 4) is 11.5 Å². The molecule has 1 aliphatic rings. The number of para-hydroxylation sites is 1. The Kier molecular flexibility index (Phi) is 12.3. The van der Waals surface area contributed by atoms with Crippen molar-refractivity contribution in [2.45, 2.75) is 26.9 Å². The van der Waals surface area contributed by atoms with Gasteiger partial charge in [-0.3, -0.25) is 4.90 Å². The van der Waals surface area contributed by atoms with Crippen LogP contribution in [-0.4, -0.2) is 64.0 Å². The first-order valence-electron chi connectivity index (χ1n) is 11.4. The average molecular weight is 569 g/mol. The van der Waals surface area contributed by atoms with Gasteiger partial charge in [-0.15, -0.1) is 24.0 Å². The van der Waals surface area contributed by atoms with Crippen molar-refractivity contribution in [3.63, 3.8) is 0 Å². The van der Waals surface area contributed by atoms with Gasteiger partial charge >= 0.3 is 0 Å². The van der Waals surface area contributed by atoms with E-state index in [1.54, 1.807) is 7.11 Å². The van der Waals surface area contributed by atoms with E-state index in [1.165, 1.54) is 5.56 Å². The molecule has 0 bridgehead atoms. The van der Waals surface area contributed by atoms with Crippen LogP contribution in [0.5, 0.6) is 11.5 Å². The first kappa shape index (κ1) is 27.2. The summed E-state index contributed by atoms with van der Waals surface area (Å²) in [4.78, 5) is 7.15. The van der Waals surface area contributed by atoms with Crippen molar-refractivity contribution in [3.05, 3.63) is 59.2 Å². The van der Waals surface area contributed by atoms with Crippen LogP contribution in [0.25, 0.3) is 0 Å². The van der Waals surface area contributed by atoms with Gasteiger partial charge in [0.2, 0.25) is 0 Å². The zero-order valence-corrected chi connectivity index (χ0v) is 22.3. The molecule has 0 radical (unpaired) electrons. The molecule has 0 atom stereocenters. The number of hydrogen-bond acceptors (Lipinski definition) is 5. The molecule has 2 aromatic carbocycles. The van der Waals surface area contributed by atoms with E-state index in [2.05, 4.69) is 47.6 Å². The number of rotatable bonds is 10. The van der Waals surface area contributed by atoms with Crippen LogP contribution in [-0.2, 0) is 17.8 Å². The van der Waals surface area contributed by atoms with Crippen molar-refractivity contribution in [2.24, 2.45) is 4.99 Å². The predicted octanol–water partition coefficient (Wildman–Crippen LogP) is 3.59. The Morgan fingerprint density at radius 3 is 2.61 bits per heavy atom. The molecule has 8 heteroatoms. The van der Waals surface area contributed by atoms with E-state index in [9.17, 15) is 0 Å². The molecule has 0 aliphatic carbocycles. The molecular weight excluding hydrogens is 531 g/mol. The fourth-order valence-corrected chi connectivity index (χ4v) is 3.57. The number of ether oxygens (including phenoxy) is 3. The first-order valence-corrected chi connectivity index (χ1v) is 11.4. The number of morpholine rings is 1. The van der Waals surface area contributed by atoms with E-state index in [-0.39, 0.29) is 24.0 Å². The minimum atomic E-state index is 0. The zero-order valence-electron chi connectivity index (χ0n) is 19.9. The molecule has 182 valence electrons. The third-order valence-corrected chi connectivity index (χ3v) is 5.38. The van der Waals surface area contributed by atoms with Gasteiger partial charge in [0.15, 0.2) is 5.96 Å². The van der Waals surface area contributed by atoms with Crippen LogP contribution in [0.3, 0.4) is 0 Å². The van der Waals surface area contributed by atoms with E-state index in [4.69, 9.17) is 19.2 Å². The normalized spacial score (nSPS) is 14.3. The highest BCUT2D eigenvalue weighted by atomic mass is 127. The summed E-state index contributed by atoms with van der Waals surface area (Å²) >= 11 is 0. The topological polar surface area (TPSA) is 67.4 Å². The van der Waals surface area contributed by atoms with E-state index in [0.29, 0.717) is 19.7 Å². The summed E-state index contributed by atoms with van der Waals surface area (Å²) in [6.07, 6.45) is 0. The zero-order chi connectivity index (χ0) is 22.6. The van der Waals surface area contributed by atoms with Crippen LogP contribution < -0.4 is 20.1 Å². The molecule has 1 aliphatic heterocycles. The lowest BCUT2D eigenvalue weighted by molar-refractivity contribution is 0.0322. The Morgan fingerprint density at radius 2 is 1.85 bits per heavy atom. The standard InChI is InChI=1S/C25H36N4O3.HI/c1-4-26-25(28-19-22-10-9-20(2)17-24(22)30-3)27-18-21-7-5-6-8-23(21)32-16-13-29-11-14-31-15-12-29;/h5-10,17H,4,11-16,18-19H2,1-3H3,(H2,26,27,28);1H. The van der Waals surface area contributed by atoms with Crippen molar-refractivity contribution in [2.75, 3.05) is 53.1 Å². The van der Waals surface area contributed by atoms with Crippen LogP contribution in [0.4, 0.5) is 0 Å². The number of aryl methyl sites for hydroxylation is 1. The molecule has 1 heterocycles. The lowest BCUT2D eigenvalue weighted by Crippen LogP contribution is -2.38. The number of benzene rings is 2. The molecule has 1 saturated heterocycles. The number of aliphatic imine (C=N–C) groups is 1. The SMILES string of the molecule is CCNC(=NCc1ccccc1OCCN1CCOCC1)NCc1ccc(C)cc1OC.I. The number of guanidine groups is 1. The second kappa shape index (κ2) is 15.0. The van der Waals surface area contributed by atoms with Gasteiger partial charge < -0.3 is 24.8 Å².